The maximum absolute atomic E-state index is 12.5. The molecule has 0 bridgehead atoms. The van der Waals surface area contributed by atoms with E-state index in [1.54, 1.807) is 6.07 Å². The van der Waals surface area contributed by atoms with E-state index in [-0.39, 0.29) is 22.8 Å². The molecule has 0 aliphatic heterocycles. The first-order valence-corrected chi connectivity index (χ1v) is 4.38. The van der Waals surface area contributed by atoms with Crippen molar-refractivity contribution in [2.75, 3.05) is 0 Å². The Bertz CT molecular complexity index is 385. The van der Waals surface area contributed by atoms with Crippen LogP contribution < -0.4 is 0 Å². The molecule has 1 aromatic rings. The van der Waals surface area contributed by atoms with Crippen LogP contribution in [0.1, 0.15) is 28.9 Å². The van der Waals surface area contributed by atoms with Crippen LogP contribution in [0.25, 0.3) is 0 Å². The van der Waals surface area contributed by atoms with Crippen molar-refractivity contribution < 1.29 is 8.78 Å². The molecule has 0 unspecified atom stereocenters. The predicted molar refractivity (Wildman–Crippen MR) is 48.2 cm³/mol. The zero-order chi connectivity index (χ0) is 10.7. The first-order valence-electron chi connectivity index (χ1n) is 3.84. The third-order valence-electron chi connectivity index (χ3n) is 1.80. The smallest absolute Gasteiger partial charge is 0.240 e. The second-order valence-corrected chi connectivity index (χ2v) is 3.00. The number of aryl methyl sites for hydroxylation is 1. The largest absolute Gasteiger partial charge is 0.265 e. The number of nitrogens with zero attached hydrogens (tertiary/aromatic N) is 2. The lowest BCUT2D eigenvalue weighted by Gasteiger charge is -2.08. The molecule has 0 fully saturated rings. The van der Waals surface area contributed by atoms with Gasteiger partial charge in [-0.05, 0) is 18.6 Å². The number of hydrogen-bond acceptors (Lipinski definition) is 2. The summed E-state index contributed by atoms with van der Waals surface area (Å²) in [6.07, 6.45) is -2.61. The Hall–Kier alpha value is -1.21. The summed E-state index contributed by atoms with van der Waals surface area (Å²) in [6.45, 7) is 1.51. The standard InChI is InChI=1S/C9H7ClF2N2/c1-5-2-6(4-13)14-7(3-10)8(5)9(11)12/h2,9H,3H2,1H3. The number of halogens is 3. The average molecular weight is 217 g/mol. The van der Waals surface area contributed by atoms with Crippen molar-refractivity contribution >= 4 is 11.6 Å². The summed E-state index contributed by atoms with van der Waals surface area (Å²) >= 11 is 5.47. The lowest BCUT2D eigenvalue weighted by molar-refractivity contribution is 0.149. The molecular formula is C9H7ClF2N2. The van der Waals surface area contributed by atoms with Gasteiger partial charge in [-0.1, -0.05) is 0 Å². The number of nitriles is 1. The first-order chi connectivity index (χ1) is 6.60. The van der Waals surface area contributed by atoms with Crippen molar-refractivity contribution in [3.63, 3.8) is 0 Å². The molecule has 0 amide bonds. The molecule has 74 valence electrons. The molecule has 0 radical (unpaired) electrons. The van der Waals surface area contributed by atoms with Crippen LogP contribution in [0.4, 0.5) is 8.78 Å². The van der Waals surface area contributed by atoms with E-state index >= 15 is 0 Å². The summed E-state index contributed by atoms with van der Waals surface area (Å²) < 4.78 is 25.1. The predicted octanol–water partition coefficient (Wildman–Crippen LogP) is 2.94. The van der Waals surface area contributed by atoms with E-state index in [9.17, 15) is 8.78 Å². The summed E-state index contributed by atoms with van der Waals surface area (Å²) in [5.74, 6) is -0.115. The van der Waals surface area contributed by atoms with Gasteiger partial charge in [-0.15, -0.1) is 11.6 Å². The summed E-state index contributed by atoms with van der Waals surface area (Å²) in [4.78, 5) is 3.72. The van der Waals surface area contributed by atoms with E-state index in [0.29, 0.717) is 5.56 Å². The second-order valence-electron chi connectivity index (χ2n) is 2.73. The van der Waals surface area contributed by atoms with E-state index in [2.05, 4.69) is 4.98 Å². The summed E-state index contributed by atoms with van der Waals surface area (Å²) in [5, 5.41) is 8.57. The molecule has 0 aliphatic rings. The maximum Gasteiger partial charge on any atom is 0.265 e. The van der Waals surface area contributed by atoms with Crippen molar-refractivity contribution in [3.8, 4) is 6.07 Å². The Balaban J connectivity index is 3.36. The Kier molecular flexibility index (Phi) is 3.37. The van der Waals surface area contributed by atoms with Gasteiger partial charge in [-0.2, -0.15) is 5.26 Å². The lowest BCUT2D eigenvalue weighted by Crippen LogP contribution is -2.01. The van der Waals surface area contributed by atoms with E-state index in [0.717, 1.165) is 0 Å². The fourth-order valence-corrected chi connectivity index (χ4v) is 1.41. The molecule has 0 aromatic carbocycles. The van der Waals surface area contributed by atoms with E-state index < -0.39 is 6.43 Å². The van der Waals surface area contributed by atoms with Crippen molar-refractivity contribution in [2.24, 2.45) is 0 Å². The minimum absolute atomic E-state index is 0.0817. The quantitative estimate of drug-likeness (QED) is 0.713. The monoisotopic (exact) mass is 216 g/mol. The van der Waals surface area contributed by atoms with Crippen LogP contribution in [-0.2, 0) is 5.88 Å². The summed E-state index contributed by atoms with van der Waals surface area (Å²) in [7, 11) is 0. The van der Waals surface area contributed by atoms with Gasteiger partial charge in [0.25, 0.3) is 6.43 Å². The van der Waals surface area contributed by atoms with Crippen LogP contribution in [0.15, 0.2) is 6.07 Å². The van der Waals surface area contributed by atoms with E-state index in [1.807, 2.05) is 0 Å². The molecule has 1 aromatic heterocycles. The van der Waals surface area contributed by atoms with Gasteiger partial charge in [0.05, 0.1) is 11.6 Å². The minimum atomic E-state index is -2.61. The topological polar surface area (TPSA) is 36.7 Å². The fraction of sp³-hybridized carbons (Fsp3) is 0.333. The number of alkyl halides is 3. The average Bonchev–Trinajstić information content (AvgIpc) is 2.15. The van der Waals surface area contributed by atoms with Gasteiger partial charge in [-0.3, -0.25) is 0 Å². The Morgan fingerprint density at radius 3 is 2.71 bits per heavy atom. The Morgan fingerprint density at radius 1 is 1.64 bits per heavy atom. The molecule has 1 rings (SSSR count). The highest BCUT2D eigenvalue weighted by molar-refractivity contribution is 6.17. The van der Waals surface area contributed by atoms with Crippen LogP contribution >= 0.6 is 11.6 Å². The van der Waals surface area contributed by atoms with E-state index in [1.165, 1.54) is 13.0 Å². The zero-order valence-electron chi connectivity index (χ0n) is 7.39. The van der Waals surface area contributed by atoms with Crippen LogP contribution in [0.3, 0.4) is 0 Å². The molecule has 0 atom stereocenters. The molecule has 0 saturated carbocycles. The van der Waals surface area contributed by atoms with E-state index in [4.69, 9.17) is 16.9 Å². The lowest BCUT2D eigenvalue weighted by atomic mass is 10.1. The summed E-state index contributed by atoms with van der Waals surface area (Å²) in [5.41, 5.74) is 0.377. The van der Waals surface area contributed by atoms with Crippen LogP contribution in [0.5, 0.6) is 0 Å². The molecule has 0 spiro atoms. The SMILES string of the molecule is Cc1cc(C#N)nc(CCl)c1C(F)F. The van der Waals surface area contributed by atoms with Crippen molar-refractivity contribution in [2.45, 2.75) is 19.2 Å². The molecule has 0 N–H and O–H groups in total. The zero-order valence-corrected chi connectivity index (χ0v) is 8.15. The Labute approximate surface area is 85.1 Å². The molecule has 0 aliphatic carbocycles. The van der Waals surface area contributed by atoms with Gasteiger partial charge >= 0.3 is 0 Å². The van der Waals surface area contributed by atoms with Gasteiger partial charge in [-0.25, -0.2) is 13.8 Å². The molecule has 14 heavy (non-hydrogen) atoms. The molecule has 1 heterocycles. The number of hydrogen-bond donors (Lipinski definition) is 0. The van der Waals surface area contributed by atoms with Crippen LogP contribution in [0.2, 0.25) is 0 Å². The summed E-state index contributed by atoms with van der Waals surface area (Å²) in [6, 6.07) is 3.12. The minimum Gasteiger partial charge on any atom is -0.240 e. The van der Waals surface area contributed by atoms with Gasteiger partial charge in [0, 0.05) is 5.56 Å². The third-order valence-corrected chi connectivity index (χ3v) is 2.06. The van der Waals surface area contributed by atoms with Crippen LogP contribution in [0, 0.1) is 18.3 Å². The molecule has 2 nitrogen and oxygen atoms in total. The first kappa shape index (κ1) is 10.9. The highest BCUT2D eigenvalue weighted by Crippen LogP contribution is 2.26. The van der Waals surface area contributed by atoms with Gasteiger partial charge in [0.15, 0.2) is 0 Å². The fourth-order valence-electron chi connectivity index (χ4n) is 1.21. The van der Waals surface area contributed by atoms with Gasteiger partial charge in [0.2, 0.25) is 0 Å². The second kappa shape index (κ2) is 4.34. The van der Waals surface area contributed by atoms with Gasteiger partial charge < -0.3 is 0 Å². The Morgan fingerprint density at radius 2 is 2.29 bits per heavy atom. The number of pyridine rings is 1. The van der Waals surface area contributed by atoms with Crippen molar-refractivity contribution in [1.29, 1.82) is 5.26 Å². The van der Waals surface area contributed by atoms with Crippen LogP contribution in [-0.4, -0.2) is 4.98 Å². The molecule has 0 saturated heterocycles. The molecule has 5 heteroatoms. The van der Waals surface area contributed by atoms with Crippen molar-refractivity contribution in [3.05, 3.63) is 28.6 Å². The maximum atomic E-state index is 12.5. The number of rotatable bonds is 2. The third kappa shape index (κ3) is 1.99. The van der Waals surface area contributed by atoms with Crippen molar-refractivity contribution in [1.82, 2.24) is 4.98 Å². The highest BCUT2D eigenvalue weighted by atomic mass is 35.5. The number of aromatic nitrogens is 1. The molecular weight excluding hydrogens is 210 g/mol. The van der Waals surface area contributed by atoms with Gasteiger partial charge in [0.1, 0.15) is 11.8 Å². The normalized spacial score (nSPS) is 10.3. The highest BCUT2D eigenvalue weighted by Gasteiger charge is 2.17.